The lowest BCUT2D eigenvalue weighted by molar-refractivity contribution is 0.0756. The average molecular weight is 374 g/mol. The van der Waals surface area contributed by atoms with Gasteiger partial charge < -0.3 is 14.2 Å². The summed E-state index contributed by atoms with van der Waals surface area (Å²) in [6.07, 6.45) is 3.81. The normalized spacial score (nSPS) is 10.5. The molecule has 0 atom stereocenters. The fourth-order valence-electron chi connectivity index (χ4n) is 3.28. The minimum absolute atomic E-state index is 0.0685. The number of rotatable bonds is 8. The summed E-state index contributed by atoms with van der Waals surface area (Å²) in [6, 6.07) is 19.8. The third kappa shape index (κ3) is 4.34. The Morgan fingerprint density at radius 2 is 1.86 bits per heavy atom. The molecule has 0 N–H and O–H groups in total. The highest BCUT2D eigenvalue weighted by Gasteiger charge is 2.20. The molecule has 28 heavy (non-hydrogen) atoms. The first-order valence-electron chi connectivity index (χ1n) is 9.35. The Bertz CT molecular complexity index is 958. The van der Waals surface area contributed by atoms with Crippen molar-refractivity contribution in [1.29, 1.82) is 0 Å². The SMILES string of the molecule is C=CCN(Cc1cccn1Cc1ccccc1C)C(=O)c1ccccc1OC. The van der Waals surface area contributed by atoms with Crippen LogP contribution in [0.25, 0.3) is 0 Å². The molecule has 0 aliphatic heterocycles. The number of ether oxygens (including phenoxy) is 1. The van der Waals surface area contributed by atoms with Crippen LogP contribution in [0.3, 0.4) is 0 Å². The Kier molecular flexibility index (Phi) is 6.33. The van der Waals surface area contributed by atoms with E-state index < -0.39 is 0 Å². The predicted molar refractivity (Wildman–Crippen MR) is 113 cm³/mol. The van der Waals surface area contributed by atoms with Crippen LogP contribution in [-0.4, -0.2) is 29.0 Å². The summed E-state index contributed by atoms with van der Waals surface area (Å²) in [6.45, 7) is 7.68. The third-order valence-electron chi connectivity index (χ3n) is 4.85. The largest absolute Gasteiger partial charge is 0.496 e. The lowest BCUT2D eigenvalue weighted by Crippen LogP contribution is -2.32. The number of amides is 1. The molecule has 0 saturated carbocycles. The summed E-state index contributed by atoms with van der Waals surface area (Å²) in [4.78, 5) is 14.9. The Balaban J connectivity index is 1.84. The molecule has 0 unspecified atom stereocenters. The molecule has 1 amide bonds. The number of aromatic nitrogens is 1. The summed E-state index contributed by atoms with van der Waals surface area (Å²) < 4.78 is 7.56. The highest BCUT2D eigenvalue weighted by Crippen LogP contribution is 2.21. The quantitative estimate of drug-likeness (QED) is 0.537. The van der Waals surface area contributed by atoms with Gasteiger partial charge in [0.2, 0.25) is 0 Å². The topological polar surface area (TPSA) is 34.5 Å². The van der Waals surface area contributed by atoms with Gasteiger partial charge in [-0.15, -0.1) is 6.58 Å². The smallest absolute Gasteiger partial charge is 0.258 e. The molecule has 4 heteroatoms. The zero-order chi connectivity index (χ0) is 19.9. The van der Waals surface area contributed by atoms with Crippen LogP contribution in [0.1, 0.15) is 27.2 Å². The van der Waals surface area contributed by atoms with Crippen LogP contribution in [0, 0.1) is 6.92 Å². The Morgan fingerprint density at radius 1 is 1.11 bits per heavy atom. The summed E-state index contributed by atoms with van der Waals surface area (Å²) in [5.41, 5.74) is 4.17. The van der Waals surface area contributed by atoms with Gasteiger partial charge in [0, 0.05) is 25.0 Å². The first-order valence-corrected chi connectivity index (χ1v) is 9.35. The lowest BCUT2D eigenvalue weighted by atomic mass is 10.1. The molecular weight excluding hydrogens is 348 g/mol. The first-order chi connectivity index (χ1) is 13.6. The van der Waals surface area contributed by atoms with Crippen LogP contribution >= 0.6 is 0 Å². The minimum Gasteiger partial charge on any atom is -0.496 e. The maximum absolute atomic E-state index is 13.2. The van der Waals surface area contributed by atoms with Crippen molar-refractivity contribution in [3.05, 3.63) is 102 Å². The van der Waals surface area contributed by atoms with Crippen molar-refractivity contribution in [3.8, 4) is 5.75 Å². The number of nitrogens with zero attached hydrogens (tertiary/aromatic N) is 2. The van der Waals surface area contributed by atoms with Crippen LogP contribution < -0.4 is 4.74 Å². The molecule has 0 spiro atoms. The van der Waals surface area contributed by atoms with Gasteiger partial charge in [-0.05, 0) is 42.3 Å². The molecule has 0 saturated heterocycles. The number of para-hydroxylation sites is 1. The fraction of sp³-hybridized carbons (Fsp3) is 0.208. The molecule has 0 bridgehead atoms. The second kappa shape index (κ2) is 9.09. The zero-order valence-electron chi connectivity index (χ0n) is 16.5. The summed E-state index contributed by atoms with van der Waals surface area (Å²) in [5, 5.41) is 0. The van der Waals surface area contributed by atoms with Crippen molar-refractivity contribution < 1.29 is 9.53 Å². The van der Waals surface area contributed by atoms with Crippen molar-refractivity contribution in [2.75, 3.05) is 13.7 Å². The van der Waals surface area contributed by atoms with Gasteiger partial charge in [-0.2, -0.15) is 0 Å². The molecule has 0 fully saturated rings. The minimum atomic E-state index is -0.0685. The van der Waals surface area contributed by atoms with E-state index in [4.69, 9.17) is 4.74 Å². The highest BCUT2D eigenvalue weighted by molar-refractivity contribution is 5.97. The van der Waals surface area contributed by atoms with Crippen LogP contribution in [0.4, 0.5) is 0 Å². The third-order valence-corrected chi connectivity index (χ3v) is 4.85. The van der Waals surface area contributed by atoms with Gasteiger partial charge in [-0.25, -0.2) is 0 Å². The van der Waals surface area contributed by atoms with Gasteiger partial charge in [-0.3, -0.25) is 4.79 Å². The molecule has 0 aliphatic carbocycles. The molecule has 4 nitrogen and oxygen atoms in total. The van der Waals surface area contributed by atoms with Crippen molar-refractivity contribution in [1.82, 2.24) is 9.47 Å². The molecule has 0 radical (unpaired) electrons. The van der Waals surface area contributed by atoms with Gasteiger partial charge in [0.25, 0.3) is 5.91 Å². The van der Waals surface area contributed by atoms with Gasteiger partial charge in [0.15, 0.2) is 0 Å². The molecular formula is C24H26N2O2. The van der Waals surface area contributed by atoms with Crippen molar-refractivity contribution in [2.45, 2.75) is 20.0 Å². The van der Waals surface area contributed by atoms with E-state index in [1.807, 2.05) is 24.3 Å². The highest BCUT2D eigenvalue weighted by atomic mass is 16.5. The van der Waals surface area contributed by atoms with Gasteiger partial charge in [0.05, 0.1) is 19.2 Å². The number of aryl methyl sites for hydroxylation is 1. The summed E-state index contributed by atoms with van der Waals surface area (Å²) >= 11 is 0. The average Bonchev–Trinajstić information content (AvgIpc) is 3.15. The number of methoxy groups -OCH3 is 1. The molecule has 0 aliphatic rings. The van der Waals surface area contributed by atoms with Crippen molar-refractivity contribution in [3.63, 3.8) is 0 Å². The Hall–Kier alpha value is -3.27. The van der Waals surface area contributed by atoms with E-state index in [1.54, 1.807) is 30.2 Å². The van der Waals surface area contributed by atoms with E-state index in [2.05, 4.69) is 48.5 Å². The van der Waals surface area contributed by atoms with Crippen LogP contribution in [0.5, 0.6) is 5.75 Å². The standard InChI is InChI=1S/C24H26N2O2/c1-4-15-26(24(27)22-13-7-8-14-23(22)28-3)18-21-12-9-16-25(21)17-20-11-6-5-10-19(20)2/h4-14,16H,1,15,17-18H2,2-3H3. The summed E-state index contributed by atoms with van der Waals surface area (Å²) in [5.74, 6) is 0.512. The molecule has 1 aromatic heterocycles. The maximum atomic E-state index is 13.2. The van der Waals surface area contributed by atoms with Crippen LogP contribution in [0.15, 0.2) is 79.5 Å². The van der Waals surface area contributed by atoms with E-state index in [0.717, 1.165) is 12.2 Å². The molecule has 3 rings (SSSR count). The molecule has 144 valence electrons. The van der Waals surface area contributed by atoms with E-state index in [1.165, 1.54) is 11.1 Å². The van der Waals surface area contributed by atoms with Crippen molar-refractivity contribution >= 4 is 5.91 Å². The zero-order valence-corrected chi connectivity index (χ0v) is 16.5. The van der Waals surface area contributed by atoms with E-state index in [9.17, 15) is 4.79 Å². The lowest BCUT2D eigenvalue weighted by Gasteiger charge is -2.23. The number of carbonyl (C=O) groups excluding carboxylic acids is 1. The Morgan fingerprint density at radius 3 is 2.61 bits per heavy atom. The first kappa shape index (κ1) is 19.5. The van der Waals surface area contributed by atoms with Gasteiger partial charge in [0.1, 0.15) is 5.75 Å². The Labute approximate surface area is 166 Å². The predicted octanol–water partition coefficient (Wildman–Crippen LogP) is 4.68. The second-order valence-corrected chi connectivity index (χ2v) is 6.73. The van der Waals surface area contributed by atoms with Crippen molar-refractivity contribution in [2.24, 2.45) is 0 Å². The van der Waals surface area contributed by atoms with Crippen LogP contribution in [0.2, 0.25) is 0 Å². The molecule has 1 heterocycles. The van der Waals surface area contributed by atoms with E-state index >= 15 is 0 Å². The van der Waals surface area contributed by atoms with E-state index in [-0.39, 0.29) is 5.91 Å². The molecule has 3 aromatic rings. The molecule has 2 aromatic carbocycles. The van der Waals surface area contributed by atoms with Gasteiger partial charge >= 0.3 is 0 Å². The number of benzene rings is 2. The maximum Gasteiger partial charge on any atom is 0.258 e. The summed E-state index contributed by atoms with van der Waals surface area (Å²) in [7, 11) is 1.58. The fourth-order valence-corrected chi connectivity index (χ4v) is 3.28. The monoisotopic (exact) mass is 374 g/mol. The van der Waals surface area contributed by atoms with Gasteiger partial charge in [-0.1, -0.05) is 42.5 Å². The number of carbonyl (C=O) groups is 1. The van der Waals surface area contributed by atoms with Crippen LogP contribution in [-0.2, 0) is 13.1 Å². The number of hydrogen-bond donors (Lipinski definition) is 0. The number of hydrogen-bond acceptors (Lipinski definition) is 2. The van der Waals surface area contributed by atoms with E-state index in [0.29, 0.717) is 24.4 Å². The second-order valence-electron chi connectivity index (χ2n) is 6.73.